The smallest absolute Gasteiger partial charge is 0.181 e. The fourth-order valence-electron chi connectivity index (χ4n) is 4.95. The lowest BCUT2D eigenvalue weighted by Crippen LogP contribution is -2.27. The van der Waals surface area contributed by atoms with Crippen LogP contribution in [0.3, 0.4) is 0 Å². The fraction of sp³-hybridized carbons (Fsp3) is 0.200. The van der Waals surface area contributed by atoms with E-state index >= 15 is 0 Å². The third-order valence-electron chi connectivity index (χ3n) is 6.87. The van der Waals surface area contributed by atoms with E-state index in [2.05, 4.69) is 25.1 Å². The van der Waals surface area contributed by atoms with Crippen LogP contribution in [0.25, 0.3) is 55.8 Å². The third-order valence-corrected chi connectivity index (χ3v) is 6.87. The summed E-state index contributed by atoms with van der Waals surface area (Å²) in [5, 5.41) is 8.16. The number of aromatic nitrogens is 6. The van der Waals surface area contributed by atoms with Crippen LogP contribution in [0.4, 0.5) is 13.2 Å². The second kappa shape index (κ2) is 11.3. The summed E-state index contributed by atoms with van der Waals surface area (Å²) in [6, 6.07) is 16.2. The van der Waals surface area contributed by atoms with Crippen molar-refractivity contribution in [3.8, 4) is 33.8 Å². The molecule has 40 heavy (non-hydrogen) atoms. The van der Waals surface area contributed by atoms with Crippen LogP contribution in [-0.4, -0.2) is 61.5 Å². The van der Waals surface area contributed by atoms with Gasteiger partial charge in [-0.25, -0.2) is 18.7 Å². The molecule has 0 aliphatic heterocycles. The number of hydrogen-bond acceptors (Lipinski definition) is 5. The summed E-state index contributed by atoms with van der Waals surface area (Å²) in [4.78, 5) is 18.9. The van der Waals surface area contributed by atoms with E-state index in [0.29, 0.717) is 53.3 Å². The Labute approximate surface area is 228 Å². The number of nitrogens with zero attached hydrogens (tertiary/aromatic N) is 5. The van der Waals surface area contributed by atoms with Gasteiger partial charge in [0.2, 0.25) is 0 Å². The van der Waals surface area contributed by atoms with Gasteiger partial charge in [-0.15, -0.1) is 0 Å². The molecule has 0 aliphatic rings. The van der Waals surface area contributed by atoms with Crippen LogP contribution < -0.4 is 0 Å². The first-order valence-corrected chi connectivity index (χ1v) is 13.0. The Hall–Kier alpha value is -4.57. The molecule has 2 aromatic carbocycles. The van der Waals surface area contributed by atoms with Gasteiger partial charge >= 0.3 is 0 Å². The molecule has 6 rings (SSSR count). The number of aromatic amines is 2. The molecule has 7 nitrogen and oxygen atoms in total. The molecular formula is C30H26F3N7. The maximum absolute atomic E-state index is 14.6. The van der Waals surface area contributed by atoms with E-state index in [1.165, 1.54) is 6.07 Å². The highest BCUT2D eigenvalue weighted by molar-refractivity contribution is 5.97. The number of imidazole rings is 1. The number of fused-ring (bicyclic) bond motifs is 2. The van der Waals surface area contributed by atoms with Gasteiger partial charge < -0.3 is 4.98 Å². The summed E-state index contributed by atoms with van der Waals surface area (Å²) >= 11 is 0. The number of H-pyrrole nitrogens is 2. The molecule has 0 unspecified atom stereocenters. The summed E-state index contributed by atoms with van der Waals surface area (Å²) in [5.74, 6) is 0.244. The van der Waals surface area contributed by atoms with E-state index < -0.39 is 13.3 Å². The quantitative estimate of drug-likeness (QED) is 0.207. The lowest BCUT2D eigenvalue weighted by Gasteiger charge is -2.20. The Morgan fingerprint density at radius 2 is 1.70 bits per heavy atom. The molecule has 0 radical (unpaired) electrons. The molecule has 4 heterocycles. The average Bonchev–Trinajstić information content (AvgIpc) is 3.60. The molecule has 0 amide bonds. The molecule has 0 atom stereocenters. The number of benzene rings is 2. The predicted octanol–water partition coefficient (Wildman–Crippen LogP) is 6.50. The number of nitrogens with one attached hydrogen (secondary N) is 2. The molecule has 0 fully saturated rings. The van der Waals surface area contributed by atoms with Crippen molar-refractivity contribution < 1.29 is 13.2 Å². The predicted molar refractivity (Wildman–Crippen MR) is 149 cm³/mol. The van der Waals surface area contributed by atoms with Crippen molar-refractivity contribution in [2.24, 2.45) is 0 Å². The molecule has 0 saturated carbocycles. The van der Waals surface area contributed by atoms with Gasteiger partial charge in [0.15, 0.2) is 11.5 Å². The molecule has 0 bridgehead atoms. The van der Waals surface area contributed by atoms with Crippen LogP contribution in [-0.2, 0) is 6.54 Å². The lowest BCUT2D eigenvalue weighted by molar-refractivity contribution is 0.229. The van der Waals surface area contributed by atoms with Crippen molar-refractivity contribution in [3.05, 3.63) is 84.6 Å². The Kier molecular flexibility index (Phi) is 7.24. The molecular weight excluding hydrogens is 515 g/mol. The first kappa shape index (κ1) is 25.7. The summed E-state index contributed by atoms with van der Waals surface area (Å²) in [7, 11) is 0. The summed E-state index contributed by atoms with van der Waals surface area (Å²) < 4.78 is 40.3. The summed E-state index contributed by atoms with van der Waals surface area (Å²) in [6.07, 6.45) is 5.57. The molecule has 0 saturated heterocycles. The highest BCUT2D eigenvalue weighted by Gasteiger charge is 2.17. The topological polar surface area (TPSA) is 86.4 Å². The van der Waals surface area contributed by atoms with E-state index in [-0.39, 0.29) is 12.4 Å². The van der Waals surface area contributed by atoms with Crippen molar-refractivity contribution >= 4 is 22.1 Å². The van der Waals surface area contributed by atoms with Crippen molar-refractivity contribution in [3.63, 3.8) is 0 Å². The van der Waals surface area contributed by atoms with Crippen LogP contribution in [0.15, 0.2) is 73.2 Å². The van der Waals surface area contributed by atoms with Gasteiger partial charge in [-0.3, -0.25) is 19.4 Å². The molecule has 0 spiro atoms. The monoisotopic (exact) mass is 541 g/mol. The van der Waals surface area contributed by atoms with Gasteiger partial charge in [0.05, 0.1) is 23.1 Å². The number of halogens is 3. The van der Waals surface area contributed by atoms with Crippen LogP contribution in [0.1, 0.15) is 12.0 Å². The van der Waals surface area contributed by atoms with Gasteiger partial charge in [0, 0.05) is 60.5 Å². The molecule has 6 aromatic rings. The minimum atomic E-state index is -0.493. The minimum absolute atomic E-state index is 0.242. The number of rotatable bonds is 10. The van der Waals surface area contributed by atoms with Gasteiger partial charge in [-0.1, -0.05) is 30.3 Å². The fourth-order valence-corrected chi connectivity index (χ4v) is 4.95. The first-order valence-electron chi connectivity index (χ1n) is 13.0. The van der Waals surface area contributed by atoms with Gasteiger partial charge in [-0.2, -0.15) is 5.10 Å². The number of para-hydroxylation sites is 1. The van der Waals surface area contributed by atoms with Crippen LogP contribution in [0.2, 0.25) is 0 Å². The highest BCUT2D eigenvalue weighted by Crippen LogP contribution is 2.33. The summed E-state index contributed by atoms with van der Waals surface area (Å²) in [5.41, 5.74) is 6.34. The summed E-state index contributed by atoms with van der Waals surface area (Å²) in [6.45, 7) is 0.266. The molecule has 202 valence electrons. The number of alkyl halides is 2. The lowest BCUT2D eigenvalue weighted by atomic mass is 10.0. The van der Waals surface area contributed by atoms with E-state index in [9.17, 15) is 13.2 Å². The Bertz CT molecular complexity index is 1780. The van der Waals surface area contributed by atoms with Gasteiger partial charge in [0.1, 0.15) is 18.2 Å². The van der Waals surface area contributed by atoms with E-state index in [1.54, 1.807) is 36.8 Å². The van der Waals surface area contributed by atoms with Crippen LogP contribution in [0.5, 0.6) is 0 Å². The largest absolute Gasteiger partial charge is 0.337 e. The standard InChI is InChI=1S/C30H26F3N7/c31-9-4-11-40(12-10-32)18-19-13-20(16-34-15-19)21-14-24-28(38-39-29(24)35-17-21)30-36-26-8-3-6-23(27(26)37-30)22-5-1-2-7-25(22)33/h1-3,5-8,13-17H,4,9-12,18H2,(H,36,37)(H,35,38,39). The second-order valence-corrected chi connectivity index (χ2v) is 9.55. The van der Waals surface area contributed by atoms with Crippen molar-refractivity contribution in [1.82, 2.24) is 35.0 Å². The molecule has 10 heteroatoms. The van der Waals surface area contributed by atoms with Crippen molar-refractivity contribution in [2.45, 2.75) is 13.0 Å². The maximum Gasteiger partial charge on any atom is 0.181 e. The number of hydrogen-bond donors (Lipinski definition) is 2. The zero-order valence-electron chi connectivity index (χ0n) is 21.5. The maximum atomic E-state index is 14.6. The van der Waals surface area contributed by atoms with Crippen LogP contribution in [0, 0.1) is 5.82 Å². The normalized spacial score (nSPS) is 11.7. The molecule has 2 N–H and O–H groups in total. The van der Waals surface area contributed by atoms with Gasteiger partial charge in [-0.05, 0) is 36.2 Å². The molecule has 4 aromatic heterocycles. The van der Waals surface area contributed by atoms with Gasteiger partial charge in [0.25, 0.3) is 0 Å². The zero-order valence-corrected chi connectivity index (χ0v) is 21.5. The minimum Gasteiger partial charge on any atom is -0.337 e. The third kappa shape index (κ3) is 5.05. The van der Waals surface area contributed by atoms with Crippen molar-refractivity contribution in [1.29, 1.82) is 0 Å². The first-order chi connectivity index (χ1) is 19.6. The Morgan fingerprint density at radius 3 is 2.55 bits per heavy atom. The van der Waals surface area contributed by atoms with E-state index in [0.717, 1.165) is 27.6 Å². The van der Waals surface area contributed by atoms with E-state index in [1.807, 2.05) is 35.2 Å². The highest BCUT2D eigenvalue weighted by atomic mass is 19.1. The van der Waals surface area contributed by atoms with Crippen molar-refractivity contribution in [2.75, 3.05) is 26.4 Å². The Balaban J connectivity index is 1.35. The molecule has 0 aliphatic carbocycles. The zero-order chi connectivity index (χ0) is 27.5. The van der Waals surface area contributed by atoms with Crippen LogP contribution >= 0.6 is 0 Å². The Morgan fingerprint density at radius 1 is 0.850 bits per heavy atom. The SMILES string of the molecule is FCCCN(CCF)Cc1cncc(-c2cnc3n[nH]c(-c4nc5c(-c6ccccc6F)cccc5[nH]4)c3c2)c1. The average molecular weight is 542 g/mol. The van der Waals surface area contributed by atoms with E-state index in [4.69, 9.17) is 4.98 Å². The second-order valence-electron chi connectivity index (χ2n) is 9.55. The number of pyridine rings is 2.